The van der Waals surface area contributed by atoms with Crippen LogP contribution >= 0.6 is 34.0 Å². The number of hydrogen-bond acceptors (Lipinski definition) is 0. The molecule has 0 spiro atoms. The van der Waals surface area contributed by atoms with Crippen LogP contribution in [-0.4, -0.2) is 6.94 Å². The van der Waals surface area contributed by atoms with E-state index in [2.05, 4.69) is 95.3 Å². The Bertz CT molecular complexity index is 937. The van der Waals surface area contributed by atoms with E-state index in [1.807, 2.05) is 0 Å². The zero-order valence-electron chi connectivity index (χ0n) is 17.4. The van der Waals surface area contributed by atoms with Gasteiger partial charge in [0.15, 0.2) is 0 Å². The van der Waals surface area contributed by atoms with Crippen LogP contribution < -0.4 is 0 Å². The van der Waals surface area contributed by atoms with Gasteiger partial charge in [-0.15, -0.1) is 34.0 Å². The van der Waals surface area contributed by atoms with Crippen LogP contribution in [0.3, 0.4) is 0 Å². The predicted octanol–water partition coefficient (Wildman–Crippen LogP) is 7.57. The summed E-state index contributed by atoms with van der Waals surface area (Å²) in [6.07, 6.45) is 4.96. The van der Waals surface area contributed by atoms with Gasteiger partial charge in [0.05, 0.1) is 0 Å². The van der Waals surface area contributed by atoms with Crippen molar-refractivity contribution < 1.29 is 17.1 Å². The van der Waals surface area contributed by atoms with Gasteiger partial charge in [0, 0.05) is 0 Å². The molecule has 2 aliphatic carbocycles. The van der Waals surface area contributed by atoms with Gasteiger partial charge >= 0.3 is 162 Å². The van der Waals surface area contributed by atoms with Crippen molar-refractivity contribution in [1.82, 2.24) is 0 Å². The molecule has 4 rings (SSSR count). The van der Waals surface area contributed by atoms with Gasteiger partial charge in [0.25, 0.3) is 0 Å². The van der Waals surface area contributed by atoms with Crippen LogP contribution in [0.2, 0.25) is 8.35 Å². The van der Waals surface area contributed by atoms with Crippen molar-refractivity contribution in [1.29, 1.82) is 0 Å². The van der Waals surface area contributed by atoms with Crippen LogP contribution in [0.1, 0.15) is 57.3 Å². The summed E-state index contributed by atoms with van der Waals surface area (Å²) in [6, 6.07) is 18.4. The number of allylic oxidation sites excluding steroid dienone is 2. The summed E-state index contributed by atoms with van der Waals surface area (Å²) in [5.41, 5.74) is 9.43. The van der Waals surface area contributed by atoms with E-state index in [9.17, 15) is 0 Å². The maximum atomic E-state index is 2.51. The van der Waals surface area contributed by atoms with Crippen molar-refractivity contribution in [2.45, 2.75) is 43.4 Å². The molecule has 2 aromatic carbocycles. The van der Waals surface area contributed by atoms with Crippen molar-refractivity contribution in [2.75, 3.05) is 0 Å². The van der Waals surface area contributed by atoms with Gasteiger partial charge in [-0.05, 0) is 0 Å². The first kappa shape index (κ1) is 24.2. The van der Waals surface area contributed by atoms with Gasteiger partial charge < -0.3 is 0 Å². The van der Waals surface area contributed by atoms with E-state index in [0.29, 0.717) is 7.35 Å². The van der Waals surface area contributed by atoms with Crippen LogP contribution in [0.15, 0.2) is 59.7 Å². The Morgan fingerprint density at radius 2 is 1.07 bits per heavy atom. The average molecular weight is 687 g/mol. The number of rotatable bonds is 4. The van der Waals surface area contributed by atoms with Gasteiger partial charge in [-0.2, -0.15) is 0 Å². The second kappa shape index (κ2) is 8.61. The first-order valence-corrected chi connectivity index (χ1v) is 27.6. The molecule has 150 valence electrons. The van der Waals surface area contributed by atoms with E-state index in [0.717, 1.165) is 0 Å². The topological polar surface area (TPSA) is 0 Å². The second-order valence-corrected chi connectivity index (χ2v) is 48.2. The van der Waals surface area contributed by atoms with Crippen LogP contribution in [0.5, 0.6) is 0 Å². The maximum absolute atomic E-state index is 3.41. The Morgan fingerprint density at radius 3 is 1.43 bits per heavy atom. The summed E-state index contributed by atoms with van der Waals surface area (Å²) < 4.78 is 4.16. The summed E-state index contributed by atoms with van der Waals surface area (Å²) >= 11 is -3.41. The van der Waals surface area contributed by atoms with E-state index in [4.69, 9.17) is 0 Å². The van der Waals surface area contributed by atoms with Gasteiger partial charge in [-0.25, -0.2) is 0 Å². The Balaban J connectivity index is 0.00000140. The van der Waals surface area contributed by atoms with Gasteiger partial charge in [0.2, 0.25) is 0 Å². The molecule has 0 fully saturated rings. The Labute approximate surface area is 193 Å². The molecule has 0 aliphatic heterocycles. The minimum absolute atomic E-state index is 0. The molecule has 0 nitrogen and oxygen atoms in total. The standard InChI is InChI=1S/2C10H9.2C2H5.2BrH.Hf.H2Si/c2*1-8-6-9-4-2-3-5-10(9)7-8;2*1-2;;;;/h2*2-7H,1H3;2*1H2,2H3;2*1H;;1H2. The van der Waals surface area contributed by atoms with Crippen molar-refractivity contribution >= 4 is 53.1 Å². The monoisotopic (exact) mass is 686 g/mol. The number of fused-ring (bicyclic) bond motifs is 2. The van der Waals surface area contributed by atoms with Crippen molar-refractivity contribution in [3.63, 3.8) is 0 Å². The minimum atomic E-state index is -3.41. The average Bonchev–Trinajstić information content (AvgIpc) is 3.17. The zero-order chi connectivity index (χ0) is 18.6. The molecule has 0 saturated heterocycles. The van der Waals surface area contributed by atoms with Gasteiger partial charge in [-0.1, -0.05) is 0 Å². The normalized spacial score (nSPS) is 20.3. The van der Waals surface area contributed by atoms with E-state index in [-0.39, 0.29) is 34.0 Å². The first-order valence-electron chi connectivity index (χ1n) is 10.0. The fourth-order valence-corrected chi connectivity index (χ4v) is 41.3. The van der Waals surface area contributed by atoms with Gasteiger partial charge in [-0.3, -0.25) is 0 Å². The third-order valence-electron chi connectivity index (χ3n) is 7.67. The summed E-state index contributed by atoms with van der Waals surface area (Å²) in [6.45, 7) is 12.3. The first-order chi connectivity index (χ1) is 12.4. The molecule has 0 N–H and O–H groups in total. The zero-order valence-corrected chi connectivity index (χ0v) is 25.8. The molecule has 2 aliphatic rings. The molecular weight excluding hydrogens is 655 g/mol. The molecule has 0 aromatic heterocycles. The third-order valence-corrected chi connectivity index (χ3v) is 52.3. The van der Waals surface area contributed by atoms with Crippen LogP contribution in [0, 0.1) is 0 Å². The van der Waals surface area contributed by atoms with E-state index < -0.39 is 17.1 Å². The molecule has 0 radical (unpaired) electrons. The molecule has 0 heterocycles. The van der Waals surface area contributed by atoms with Gasteiger partial charge in [0.1, 0.15) is 0 Å². The number of hydrogen-bond donors (Lipinski definition) is 0. The third kappa shape index (κ3) is 3.31. The quantitative estimate of drug-likeness (QED) is 0.291. The van der Waals surface area contributed by atoms with Crippen molar-refractivity contribution in [3.05, 3.63) is 81.9 Å². The Kier molecular flexibility index (Phi) is 7.45. The molecule has 0 amide bonds. The molecule has 28 heavy (non-hydrogen) atoms. The summed E-state index contributed by atoms with van der Waals surface area (Å²) in [5.74, 6) is 0. The molecule has 4 heteroatoms. The molecule has 0 bridgehead atoms. The van der Waals surface area contributed by atoms with E-state index in [1.165, 1.54) is 19.5 Å². The second-order valence-electron chi connectivity index (χ2n) is 8.75. The van der Waals surface area contributed by atoms with Crippen LogP contribution in [0.4, 0.5) is 0 Å². The van der Waals surface area contributed by atoms with Crippen molar-refractivity contribution in [3.8, 4) is 0 Å². The molecule has 2 unspecified atom stereocenters. The summed E-state index contributed by atoms with van der Waals surface area (Å²) in [5, 5.41) is 0. The van der Waals surface area contributed by atoms with Crippen molar-refractivity contribution in [2.24, 2.45) is 0 Å². The number of halogens is 2. The van der Waals surface area contributed by atoms with E-state index >= 15 is 0 Å². The molecule has 0 saturated carbocycles. The predicted molar refractivity (Wildman–Crippen MR) is 136 cm³/mol. The molecule has 2 aromatic rings. The summed E-state index contributed by atoms with van der Waals surface area (Å²) in [4.78, 5) is 0. The fraction of sp³-hybridized carbons (Fsp3) is 0.333. The molecule has 2 atom stereocenters. The summed E-state index contributed by atoms with van der Waals surface area (Å²) in [7, 11) is 0. The van der Waals surface area contributed by atoms with Crippen LogP contribution in [0.25, 0.3) is 12.2 Å². The Hall–Kier alpha value is -0.0330. The number of benzene rings is 2. The Morgan fingerprint density at radius 1 is 0.714 bits per heavy atom. The SMILES string of the molecule is Br.Br.C[CH2][Hf](=[SiH2])([CH2]C)([CH]1C(C)=Cc2ccccc21)[CH]1C(C)=Cc2ccccc21. The van der Waals surface area contributed by atoms with E-state index in [1.54, 1.807) is 22.3 Å². The fourth-order valence-electron chi connectivity index (χ4n) is 6.26. The van der Waals surface area contributed by atoms with Crippen LogP contribution in [-0.2, 0) is 17.1 Å². The molecular formula is C24H32Br2HfSi.